The van der Waals surface area contributed by atoms with E-state index in [1.165, 1.54) is 0 Å². The lowest BCUT2D eigenvalue weighted by Crippen LogP contribution is -2.47. The average molecular weight is 521 g/mol. The molecular weight excluding hydrogens is 484 g/mol. The van der Waals surface area contributed by atoms with Gasteiger partial charge >= 0.3 is 0 Å². The van der Waals surface area contributed by atoms with Gasteiger partial charge in [0.1, 0.15) is 17.2 Å². The van der Waals surface area contributed by atoms with E-state index in [2.05, 4.69) is 4.90 Å². The van der Waals surface area contributed by atoms with Gasteiger partial charge in [-0.15, -0.1) is 0 Å². The lowest BCUT2D eigenvalue weighted by molar-refractivity contribution is 0.0955. The van der Waals surface area contributed by atoms with Gasteiger partial charge in [-0.05, 0) is 55.3 Å². The lowest BCUT2D eigenvalue weighted by Gasteiger charge is -2.39. The Hall–Kier alpha value is -3.91. The van der Waals surface area contributed by atoms with Crippen LogP contribution in [0.15, 0.2) is 60.7 Å². The molecule has 0 bridgehead atoms. The molecule has 202 valence electrons. The van der Waals surface area contributed by atoms with Crippen LogP contribution >= 0.6 is 0 Å². The summed E-state index contributed by atoms with van der Waals surface area (Å²) in [6, 6.07) is 18.8. The smallest absolute Gasteiger partial charge is 0.262 e. The zero-order chi connectivity index (χ0) is 27.1. The first-order valence-corrected chi connectivity index (χ1v) is 12.6. The Morgan fingerprint density at radius 1 is 0.763 bits per heavy atom. The maximum atomic E-state index is 14.0. The zero-order valence-corrected chi connectivity index (χ0v) is 22.7. The molecule has 1 aliphatic heterocycles. The van der Waals surface area contributed by atoms with E-state index in [-0.39, 0.29) is 11.9 Å². The number of anilines is 1. The van der Waals surface area contributed by atoms with Crippen LogP contribution < -0.4 is 28.6 Å². The van der Waals surface area contributed by atoms with E-state index in [1.54, 1.807) is 41.6 Å². The van der Waals surface area contributed by atoms with Crippen LogP contribution in [0.2, 0.25) is 0 Å². The fourth-order valence-corrected chi connectivity index (χ4v) is 5.00. The maximum absolute atomic E-state index is 14.0. The number of hydrogen-bond donors (Lipinski definition) is 0. The van der Waals surface area contributed by atoms with E-state index in [0.717, 1.165) is 55.2 Å². The Labute approximate surface area is 224 Å². The maximum Gasteiger partial charge on any atom is 0.262 e. The molecule has 3 aromatic carbocycles. The van der Waals surface area contributed by atoms with Crippen LogP contribution in [0.1, 0.15) is 28.8 Å². The highest BCUT2D eigenvalue weighted by molar-refractivity contribution is 6.08. The third kappa shape index (κ3) is 5.81. The van der Waals surface area contributed by atoms with Gasteiger partial charge in [0, 0.05) is 43.0 Å². The minimum absolute atomic E-state index is 0.00558. The monoisotopic (exact) mass is 520 g/mol. The number of carbonyl (C=O) groups excluding carboxylic acids is 1. The fourth-order valence-electron chi connectivity index (χ4n) is 5.00. The summed E-state index contributed by atoms with van der Waals surface area (Å²) in [5, 5.41) is 0. The summed E-state index contributed by atoms with van der Waals surface area (Å²) in [5.74, 6) is 3.27. The molecule has 38 heavy (non-hydrogen) atoms. The number of piperidine rings is 1. The van der Waals surface area contributed by atoms with E-state index in [4.69, 9.17) is 23.7 Å². The normalized spacial score (nSPS) is 14.0. The molecule has 1 saturated heterocycles. The number of nitrogens with zero attached hydrogens (tertiary/aromatic N) is 2. The van der Waals surface area contributed by atoms with Gasteiger partial charge in [0.2, 0.25) is 0 Å². The van der Waals surface area contributed by atoms with Crippen molar-refractivity contribution in [3.05, 3.63) is 71.8 Å². The molecular formula is C30H36N2O6. The minimum Gasteiger partial charge on any atom is -0.497 e. The van der Waals surface area contributed by atoms with E-state index in [9.17, 15) is 4.79 Å². The van der Waals surface area contributed by atoms with Crippen molar-refractivity contribution < 1.29 is 28.5 Å². The number of para-hydroxylation sites is 1. The van der Waals surface area contributed by atoms with Gasteiger partial charge in [0.15, 0.2) is 11.5 Å². The SMILES string of the molecule is COc1ccc(OC)c(CN2CCC(N(C(=O)c3ccccc3OC)c3ccc(OC)c(OC)c3)CC2)c1. The van der Waals surface area contributed by atoms with Crippen molar-refractivity contribution >= 4 is 11.6 Å². The Balaban J connectivity index is 1.60. The number of ether oxygens (including phenoxy) is 5. The first-order chi connectivity index (χ1) is 18.5. The van der Waals surface area contributed by atoms with Gasteiger partial charge in [0.05, 0.1) is 41.1 Å². The Bertz CT molecular complexity index is 1240. The van der Waals surface area contributed by atoms with E-state index in [1.807, 2.05) is 59.5 Å². The summed E-state index contributed by atoms with van der Waals surface area (Å²) >= 11 is 0. The van der Waals surface area contributed by atoms with Crippen LogP contribution in [-0.2, 0) is 6.54 Å². The molecule has 3 aromatic rings. The Morgan fingerprint density at radius 3 is 2.08 bits per heavy atom. The predicted molar refractivity (Wildman–Crippen MR) is 147 cm³/mol. The van der Waals surface area contributed by atoms with Crippen molar-refractivity contribution in [3.63, 3.8) is 0 Å². The van der Waals surface area contributed by atoms with Gasteiger partial charge in [-0.2, -0.15) is 0 Å². The average Bonchev–Trinajstić information content (AvgIpc) is 2.97. The highest BCUT2D eigenvalue weighted by Gasteiger charge is 2.32. The summed E-state index contributed by atoms with van der Waals surface area (Å²) in [6.45, 7) is 2.39. The van der Waals surface area contributed by atoms with E-state index >= 15 is 0 Å². The van der Waals surface area contributed by atoms with Crippen LogP contribution in [-0.4, -0.2) is 65.5 Å². The first kappa shape index (κ1) is 27.1. The molecule has 0 saturated carbocycles. The molecule has 0 aromatic heterocycles. The van der Waals surface area contributed by atoms with Crippen molar-refractivity contribution in [2.75, 3.05) is 53.5 Å². The molecule has 1 aliphatic rings. The third-order valence-electron chi connectivity index (χ3n) is 7.01. The molecule has 0 spiro atoms. The quantitative estimate of drug-likeness (QED) is 0.371. The van der Waals surface area contributed by atoms with Gasteiger partial charge in [-0.3, -0.25) is 9.69 Å². The van der Waals surface area contributed by atoms with Crippen molar-refractivity contribution in [1.82, 2.24) is 4.90 Å². The first-order valence-electron chi connectivity index (χ1n) is 12.6. The van der Waals surface area contributed by atoms with E-state index < -0.39 is 0 Å². The van der Waals surface area contributed by atoms with Crippen molar-refractivity contribution in [2.24, 2.45) is 0 Å². The summed E-state index contributed by atoms with van der Waals surface area (Å²) in [5.41, 5.74) is 2.35. The van der Waals surface area contributed by atoms with Gasteiger partial charge in [-0.1, -0.05) is 12.1 Å². The van der Waals surface area contributed by atoms with Gasteiger partial charge < -0.3 is 28.6 Å². The summed E-state index contributed by atoms with van der Waals surface area (Å²) in [6.07, 6.45) is 1.61. The lowest BCUT2D eigenvalue weighted by atomic mass is 9.99. The standard InChI is InChI=1S/C30H36N2O6/c1-34-24-11-13-26(35-2)21(18-24)20-31-16-14-22(15-17-31)32(23-10-12-28(37-4)29(19-23)38-5)30(33)25-8-6-7-9-27(25)36-3/h6-13,18-19,22H,14-17,20H2,1-5H3. The molecule has 8 heteroatoms. The molecule has 1 heterocycles. The molecule has 1 fully saturated rings. The molecule has 0 radical (unpaired) electrons. The molecule has 0 atom stereocenters. The minimum atomic E-state index is -0.109. The summed E-state index contributed by atoms with van der Waals surface area (Å²) in [7, 11) is 8.13. The van der Waals surface area contributed by atoms with Crippen LogP contribution in [0.4, 0.5) is 5.69 Å². The highest BCUT2D eigenvalue weighted by Crippen LogP contribution is 2.36. The molecule has 1 amide bonds. The number of hydrogen-bond acceptors (Lipinski definition) is 7. The molecule has 4 rings (SSSR count). The predicted octanol–water partition coefficient (Wildman–Crippen LogP) is 5.04. The summed E-state index contributed by atoms with van der Waals surface area (Å²) in [4.78, 5) is 18.3. The van der Waals surface area contributed by atoms with Crippen LogP contribution in [0, 0.1) is 0 Å². The van der Waals surface area contributed by atoms with Crippen LogP contribution in [0.3, 0.4) is 0 Å². The second-order valence-electron chi connectivity index (χ2n) is 9.10. The molecule has 0 unspecified atom stereocenters. The van der Waals surface area contributed by atoms with E-state index in [0.29, 0.717) is 22.8 Å². The fraction of sp³-hybridized carbons (Fsp3) is 0.367. The topological polar surface area (TPSA) is 69.7 Å². The van der Waals surface area contributed by atoms with Crippen LogP contribution in [0.25, 0.3) is 0 Å². The second kappa shape index (κ2) is 12.6. The number of amides is 1. The van der Waals surface area contributed by atoms with Gasteiger partial charge in [-0.25, -0.2) is 0 Å². The Kier molecular flexibility index (Phi) is 8.97. The third-order valence-corrected chi connectivity index (χ3v) is 7.01. The highest BCUT2D eigenvalue weighted by atomic mass is 16.5. The van der Waals surface area contributed by atoms with Crippen molar-refractivity contribution in [3.8, 4) is 28.7 Å². The molecule has 8 nitrogen and oxygen atoms in total. The second-order valence-corrected chi connectivity index (χ2v) is 9.10. The number of likely N-dealkylation sites (tertiary alicyclic amines) is 1. The molecule has 0 N–H and O–H groups in total. The molecule has 0 aliphatic carbocycles. The van der Waals surface area contributed by atoms with Crippen LogP contribution in [0.5, 0.6) is 28.7 Å². The number of carbonyl (C=O) groups is 1. The van der Waals surface area contributed by atoms with Crippen molar-refractivity contribution in [2.45, 2.75) is 25.4 Å². The zero-order valence-electron chi connectivity index (χ0n) is 22.7. The summed E-state index contributed by atoms with van der Waals surface area (Å²) < 4.78 is 27.5. The largest absolute Gasteiger partial charge is 0.497 e. The number of methoxy groups -OCH3 is 5. The van der Waals surface area contributed by atoms with Crippen molar-refractivity contribution in [1.29, 1.82) is 0 Å². The number of benzene rings is 3. The van der Waals surface area contributed by atoms with Gasteiger partial charge in [0.25, 0.3) is 5.91 Å². The Morgan fingerprint density at radius 2 is 1.42 bits per heavy atom. The number of rotatable bonds is 10.